The second-order valence-electron chi connectivity index (χ2n) is 8.17. The van der Waals surface area contributed by atoms with Gasteiger partial charge in [-0.15, -0.1) is 0 Å². The summed E-state index contributed by atoms with van der Waals surface area (Å²) < 4.78 is 27.7. The predicted molar refractivity (Wildman–Crippen MR) is 119 cm³/mol. The van der Waals surface area contributed by atoms with Crippen LogP contribution in [0.2, 0.25) is 0 Å². The molecule has 2 aromatic rings. The fraction of sp³-hybridized carbons (Fsp3) is 0.435. The molecule has 0 bridgehead atoms. The third-order valence-corrected chi connectivity index (χ3v) is 6.91. The van der Waals surface area contributed by atoms with Crippen molar-refractivity contribution in [1.82, 2.24) is 14.9 Å². The largest absolute Gasteiger partial charge is 0.351 e. The Hall–Kier alpha value is -2.22. The highest BCUT2D eigenvalue weighted by atomic mass is 32.2. The normalized spacial score (nSPS) is 17.6. The molecule has 0 aromatic heterocycles. The van der Waals surface area contributed by atoms with Crippen molar-refractivity contribution in [2.24, 2.45) is 5.92 Å². The Balaban J connectivity index is 1.44. The van der Waals surface area contributed by atoms with Crippen LogP contribution in [-0.2, 0) is 21.4 Å². The zero-order valence-electron chi connectivity index (χ0n) is 17.7. The van der Waals surface area contributed by atoms with Crippen molar-refractivity contribution >= 4 is 15.9 Å². The van der Waals surface area contributed by atoms with Crippen LogP contribution in [0.1, 0.15) is 29.5 Å². The minimum Gasteiger partial charge on any atom is -0.351 e. The summed E-state index contributed by atoms with van der Waals surface area (Å²) in [4.78, 5) is 14.7. The lowest BCUT2D eigenvalue weighted by Crippen LogP contribution is -2.45. The fourth-order valence-corrected chi connectivity index (χ4v) is 4.77. The number of likely N-dealkylation sites (tertiary alicyclic amines) is 1. The van der Waals surface area contributed by atoms with Crippen LogP contribution in [0.25, 0.3) is 0 Å². The molecule has 2 N–H and O–H groups in total. The van der Waals surface area contributed by atoms with Crippen LogP contribution in [0.5, 0.6) is 0 Å². The topological polar surface area (TPSA) is 78.5 Å². The average molecular weight is 430 g/mol. The van der Waals surface area contributed by atoms with E-state index in [1.165, 1.54) is 5.56 Å². The smallest absolute Gasteiger partial charge is 0.240 e. The van der Waals surface area contributed by atoms with Gasteiger partial charge in [-0.25, -0.2) is 13.1 Å². The zero-order valence-corrected chi connectivity index (χ0v) is 18.5. The Morgan fingerprint density at radius 1 is 1.03 bits per heavy atom. The van der Waals surface area contributed by atoms with Gasteiger partial charge in [0.05, 0.1) is 11.4 Å². The number of benzene rings is 2. The van der Waals surface area contributed by atoms with Gasteiger partial charge >= 0.3 is 0 Å². The molecule has 3 rings (SSSR count). The lowest BCUT2D eigenvalue weighted by molar-refractivity contribution is -0.122. The number of aryl methyl sites for hydroxylation is 2. The SMILES string of the molecule is Cc1ccc(CNC(=O)CN2CCCC(CNS(=O)(=O)c3ccc(C)cc3)C2)cc1. The molecule has 1 saturated heterocycles. The highest BCUT2D eigenvalue weighted by Gasteiger charge is 2.23. The summed E-state index contributed by atoms with van der Waals surface area (Å²) in [6.07, 6.45) is 1.92. The lowest BCUT2D eigenvalue weighted by Gasteiger charge is -2.32. The molecule has 2 aromatic carbocycles. The summed E-state index contributed by atoms with van der Waals surface area (Å²) in [6.45, 7) is 6.79. The Kier molecular flexibility index (Phi) is 7.64. The number of piperidine rings is 1. The third-order valence-electron chi connectivity index (χ3n) is 5.47. The van der Waals surface area contributed by atoms with Crippen LogP contribution in [0.3, 0.4) is 0 Å². The van der Waals surface area contributed by atoms with Crippen molar-refractivity contribution < 1.29 is 13.2 Å². The molecule has 1 fully saturated rings. The van der Waals surface area contributed by atoms with Gasteiger partial charge in [-0.2, -0.15) is 0 Å². The van der Waals surface area contributed by atoms with E-state index in [4.69, 9.17) is 0 Å². The number of carbonyl (C=O) groups is 1. The van der Waals surface area contributed by atoms with Gasteiger partial charge in [0.25, 0.3) is 0 Å². The summed E-state index contributed by atoms with van der Waals surface area (Å²) in [5.41, 5.74) is 3.30. The molecule has 0 saturated carbocycles. The third kappa shape index (κ3) is 6.65. The number of sulfonamides is 1. The predicted octanol–water partition coefficient (Wildman–Crippen LogP) is 2.61. The van der Waals surface area contributed by atoms with E-state index in [9.17, 15) is 13.2 Å². The van der Waals surface area contributed by atoms with E-state index in [0.717, 1.165) is 30.5 Å². The van der Waals surface area contributed by atoms with Gasteiger partial charge in [-0.3, -0.25) is 9.69 Å². The summed E-state index contributed by atoms with van der Waals surface area (Å²) in [5.74, 6) is 0.195. The van der Waals surface area contributed by atoms with Crippen molar-refractivity contribution in [2.75, 3.05) is 26.2 Å². The van der Waals surface area contributed by atoms with E-state index in [1.807, 2.05) is 38.1 Å². The molecule has 1 atom stereocenters. The molecule has 1 amide bonds. The monoisotopic (exact) mass is 429 g/mol. The van der Waals surface area contributed by atoms with Gasteiger partial charge in [-0.1, -0.05) is 47.5 Å². The van der Waals surface area contributed by atoms with E-state index in [1.54, 1.807) is 24.3 Å². The van der Waals surface area contributed by atoms with Crippen LogP contribution >= 0.6 is 0 Å². The number of rotatable bonds is 8. The number of nitrogens with one attached hydrogen (secondary N) is 2. The molecule has 1 aliphatic rings. The molecule has 0 spiro atoms. The maximum Gasteiger partial charge on any atom is 0.240 e. The number of nitrogens with zero attached hydrogens (tertiary/aromatic N) is 1. The Bertz CT molecular complexity index is 941. The summed E-state index contributed by atoms with van der Waals surface area (Å²) >= 11 is 0. The molecule has 0 aliphatic carbocycles. The van der Waals surface area contributed by atoms with Crippen molar-refractivity contribution in [3.8, 4) is 0 Å². The van der Waals surface area contributed by atoms with Crippen LogP contribution < -0.4 is 10.0 Å². The molecule has 30 heavy (non-hydrogen) atoms. The fourth-order valence-electron chi connectivity index (χ4n) is 3.66. The van der Waals surface area contributed by atoms with E-state index in [-0.39, 0.29) is 16.7 Å². The van der Waals surface area contributed by atoms with Crippen LogP contribution in [0, 0.1) is 19.8 Å². The Labute approximate surface area is 179 Å². The van der Waals surface area contributed by atoms with Crippen molar-refractivity contribution in [3.05, 3.63) is 65.2 Å². The van der Waals surface area contributed by atoms with Gasteiger partial charge in [-0.05, 0) is 56.8 Å². The molecule has 1 heterocycles. The van der Waals surface area contributed by atoms with E-state index in [2.05, 4.69) is 14.9 Å². The molecule has 1 aliphatic heterocycles. The molecular weight excluding hydrogens is 398 g/mol. The van der Waals surface area contributed by atoms with Gasteiger partial charge in [0.1, 0.15) is 0 Å². The van der Waals surface area contributed by atoms with Crippen LogP contribution in [0.4, 0.5) is 0 Å². The molecule has 0 radical (unpaired) electrons. The lowest BCUT2D eigenvalue weighted by atomic mass is 9.98. The van der Waals surface area contributed by atoms with Gasteiger partial charge in [0.2, 0.25) is 15.9 Å². The Morgan fingerprint density at radius 3 is 2.33 bits per heavy atom. The minimum absolute atomic E-state index is 0.00328. The highest BCUT2D eigenvalue weighted by Crippen LogP contribution is 2.17. The second kappa shape index (κ2) is 10.2. The number of carbonyl (C=O) groups excluding carboxylic acids is 1. The standard InChI is InChI=1S/C23H31N3O3S/c1-18-5-9-20(10-6-18)14-24-23(27)17-26-13-3-4-21(16-26)15-25-30(28,29)22-11-7-19(2)8-12-22/h5-12,21,25H,3-4,13-17H2,1-2H3,(H,24,27). The first-order chi connectivity index (χ1) is 14.3. The van der Waals surface area contributed by atoms with Gasteiger partial charge in [0.15, 0.2) is 0 Å². The first-order valence-electron chi connectivity index (χ1n) is 10.4. The number of amides is 1. The van der Waals surface area contributed by atoms with E-state index < -0.39 is 10.0 Å². The molecular formula is C23H31N3O3S. The first kappa shape index (κ1) is 22.5. The number of hydrogen-bond acceptors (Lipinski definition) is 4. The summed E-state index contributed by atoms with van der Waals surface area (Å²) in [7, 11) is -3.51. The van der Waals surface area contributed by atoms with Crippen molar-refractivity contribution in [2.45, 2.75) is 38.1 Å². The summed E-state index contributed by atoms with van der Waals surface area (Å²) in [5, 5.41) is 2.97. The van der Waals surface area contributed by atoms with E-state index in [0.29, 0.717) is 26.2 Å². The molecule has 6 nitrogen and oxygen atoms in total. The van der Waals surface area contributed by atoms with E-state index >= 15 is 0 Å². The molecule has 162 valence electrons. The number of hydrogen-bond donors (Lipinski definition) is 2. The molecule has 1 unspecified atom stereocenters. The maximum absolute atomic E-state index is 12.5. The van der Waals surface area contributed by atoms with Crippen LogP contribution in [0.15, 0.2) is 53.4 Å². The van der Waals surface area contributed by atoms with Crippen molar-refractivity contribution in [3.63, 3.8) is 0 Å². The second-order valence-corrected chi connectivity index (χ2v) is 9.94. The van der Waals surface area contributed by atoms with Gasteiger partial charge in [0, 0.05) is 19.6 Å². The van der Waals surface area contributed by atoms with Gasteiger partial charge < -0.3 is 5.32 Å². The molecule has 7 heteroatoms. The Morgan fingerprint density at radius 2 is 1.67 bits per heavy atom. The summed E-state index contributed by atoms with van der Waals surface area (Å²) in [6, 6.07) is 15.0. The maximum atomic E-state index is 12.5. The zero-order chi connectivity index (χ0) is 21.6. The van der Waals surface area contributed by atoms with Crippen molar-refractivity contribution in [1.29, 1.82) is 0 Å². The average Bonchev–Trinajstić information content (AvgIpc) is 2.73. The van der Waals surface area contributed by atoms with Crippen LogP contribution in [-0.4, -0.2) is 45.4 Å². The highest BCUT2D eigenvalue weighted by molar-refractivity contribution is 7.89. The minimum atomic E-state index is -3.51. The quantitative estimate of drug-likeness (QED) is 0.676. The first-order valence-corrected chi connectivity index (χ1v) is 11.9.